The molecular weight excluding hydrogens is 354 g/mol. The number of rotatable bonds is 2. The average molecular weight is 377 g/mol. The van der Waals surface area contributed by atoms with Crippen LogP contribution in [0.25, 0.3) is 10.8 Å². The summed E-state index contributed by atoms with van der Waals surface area (Å²) < 4.78 is 0. The molecular formula is C22H23N3O3. The van der Waals surface area contributed by atoms with E-state index in [1.807, 2.05) is 24.3 Å². The minimum atomic E-state index is -0.644. The van der Waals surface area contributed by atoms with Gasteiger partial charge in [0.2, 0.25) is 11.8 Å². The first-order chi connectivity index (χ1) is 13.4. The summed E-state index contributed by atoms with van der Waals surface area (Å²) in [5, 5.41) is 4.34. The maximum atomic E-state index is 13.2. The van der Waals surface area contributed by atoms with Gasteiger partial charge in [-0.15, -0.1) is 0 Å². The lowest BCUT2D eigenvalue weighted by molar-refractivity contribution is -0.134. The summed E-state index contributed by atoms with van der Waals surface area (Å²) in [4.78, 5) is 41.2. The van der Waals surface area contributed by atoms with Gasteiger partial charge in [0.1, 0.15) is 6.04 Å². The van der Waals surface area contributed by atoms with Crippen LogP contribution in [0.3, 0.4) is 0 Å². The van der Waals surface area contributed by atoms with Crippen LogP contribution in [0.1, 0.15) is 49.9 Å². The topological polar surface area (TPSA) is 69.7 Å². The second-order valence-corrected chi connectivity index (χ2v) is 8.54. The molecule has 3 aliphatic rings. The Balaban J connectivity index is 1.65. The summed E-state index contributed by atoms with van der Waals surface area (Å²) >= 11 is 0. The van der Waals surface area contributed by atoms with Crippen molar-refractivity contribution in [3.8, 4) is 0 Å². The van der Waals surface area contributed by atoms with Gasteiger partial charge in [-0.25, -0.2) is 0 Å². The summed E-state index contributed by atoms with van der Waals surface area (Å²) in [6.45, 7) is 5.50. The molecule has 0 aromatic heterocycles. The fraction of sp³-hybridized carbons (Fsp3) is 0.409. The molecule has 1 atom stereocenters. The van der Waals surface area contributed by atoms with Crippen LogP contribution < -0.4 is 15.1 Å². The third kappa shape index (κ3) is 2.30. The Morgan fingerprint density at radius 3 is 2.61 bits per heavy atom. The van der Waals surface area contributed by atoms with E-state index in [4.69, 9.17) is 0 Å². The van der Waals surface area contributed by atoms with Crippen molar-refractivity contribution in [2.45, 2.75) is 51.1 Å². The summed E-state index contributed by atoms with van der Waals surface area (Å²) in [5.41, 5.74) is 2.62. The first-order valence-electron chi connectivity index (χ1n) is 9.89. The maximum absolute atomic E-state index is 13.2. The molecule has 3 amide bonds. The van der Waals surface area contributed by atoms with Crippen LogP contribution in [0.15, 0.2) is 30.3 Å². The molecule has 144 valence electrons. The van der Waals surface area contributed by atoms with E-state index in [-0.39, 0.29) is 23.8 Å². The number of carbonyl (C=O) groups is 3. The monoisotopic (exact) mass is 377 g/mol. The van der Waals surface area contributed by atoms with Gasteiger partial charge in [-0.1, -0.05) is 12.1 Å². The number of carbonyl (C=O) groups excluding carboxylic acids is 3. The highest BCUT2D eigenvalue weighted by atomic mass is 16.2. The van der Waals surface area contributed by atoms with Crippen LogP contribution >= 0.6 is 0 Å². The first kappa shape index (κ1) is 17.2. The first-order valence-corrected chi connectivity index (χ1v) is 9.89. The molecule has 6 nitrogen and oxygen atoms in total. The van der Waals surface area contributed by atoms with E-state index in [9.17, 15) is 14.4 Å². The van der Waals surface area contributed by atoms with Gasteiger partial charge in [-0.2, -0.15) is 0 Å². The number of benzene rings is 2. The fourth-order valence-corrected chi connectivity index (χ4v) is 5.02. The lowest BCUT2D eigenvalue weighted by atomic mass is 9.98. The number of nitrogens with one attached hydrogen (secondary N) is 1. The Morgan fingerprint density at radius 2 is 1.89 bits per heavy atom. The van der Waals surface area contributed by atoms with Crippen molar-refractivity contribution in [3.05, 3.63) is 35.9 Å². The third-order valence-electron chi connectivity index (χ3n) is 6.42. The number of piperidine rings is 1. The van der Waals surface area contributed by atoms with Crippen molar-refractivity contribution in [1.29, 1.82) is 0 Å². The van der Waals surface area contributed by atoms with Crippen molar-refractivity contribution < 1.29 is 14.4 Å². The van der Waals surface area contributed by atoms with Crippen LogP contribution in [0.4, 0.5) is 11.4 Å². The van der Waals surface area contributed by atoms with Crippen molar-refractivity contribution in [3.63, 3.8) is 0 Å². The molecule has 3 aliphatic heterocycles. The van der Waals surface area contributed by atoms with Crippen LogP contribution in [-0.4, -0.2) is 35.8 Å². The van der Waals surface area contributed by atoms with Crippen molar-refractivity contribution >= 4 is 39.9 Å². The Kier molecular flexibility index (Phi) is 3.57. The number of anilines is 2. The molecule has 2 saturated heterocycles. The van der Waals surface area contributed by atoms with E-state index >= 15 is 0 Å². The average Bonchev–Trinajstić information content (AvgIpc) is 3.14. The lowest BCUT2D eigenvalue weighted by Crippen LogP contribution is -2.53. The molecule has 1 N–H and O–H groups in total. The van der Waals surface area contributed by atoms with E-state index in [0.29, 0.717) is 12.0 Å². The molecule has 0 aliphatic carbocycles. The van der Waals surface area contributed by atoms with Gasteiger partial charge in [0.05, 0.1) is 11.3 Å². The van der Waals surface area contributed by atoms with Gasteiger partial charge in [0.15, 0.2) is 0 Å². The van der Waals surface area contributed by atoms with Crippen LogP contribution in [0.2, 0.25) is 0 Å². The standard InChI is InChI=1S/C22H23N3O3/c1-22(2)11-4-12-24(22)15-8-7-14-19-13(15)5-3-6-16(19)25(21(14)28)17-9-10-18(26)23-20(17)27/h3,5-8,17H,4,9-12H2,1-2H3,(H,23,26,27). The number of hydrogen-bond donors (Lipinski definition) is 1. The molecule has 2 fully saturated rings. The molecule has 0 radical (unpaired) electrons. The Labute approximate surface area is 163 Å². The molecule has 2 aromatic carbocycles. The smallest absolute Gasteiger partial charge is 0.259 e. The normalized spacial score (nSPS) is 23.6. The van der Waals surface area contributed by atoms with Gasteiger partial charge in [-0.05, 0) is 51.3 Å². The van der Waals surface area contributed by atoms with E-state index in [1.165, 1.54) is 0 Å². The van der Waals surface area contributed by atoms with Gasteiger partial charge in [0.25, 0.3) is 5.91 Å². The van der Waals surface area contributed by atoms with Crippen molar-refractivity contribution in [1.82, 2.24) is 5.32 Å². The molecule has 0 saturated carbocycles. The molecule has 28 heavy (non-hydrogen) atoms. The van der Waals surface area contributed by atoms with Gasteiger partial charge in [-0.3, -0.25) is 24.6 Å². The summed E-state index contributed by atoms with van der Waals surface area (Å²) in [5.74, 6) is -0.828. The zero-order valence-electron chi connectivity index (χ0n) is 16.1. The highest BCUT2D eigenvalue weighted by molar-refractivity contribution is 6.28. The van der Waals surface area contributed by atoms with Crippen LogP contribution in [0, 0.1) is 0 Å². The molecule has 1 unspecified atom stereocenters. The van der Waals surface area contributed by atoms with E-state index in [2.05, 4.69) is 30.1 Å². The maximum Gasteiger partial charge on any atom is 0.259 e. The minimum absolute atomic E-state index is 0.0752. The predicted octanol–water partition coefficient (Wildman–Crippen LogP) is 2.98. The Morgan fingerprint density at radius 1 is 1.07 bits per heavy atom. The zero-order chi connectivity index (χ0) is 19.6. The molecule has 0 spiro atoms. The van der Waals surface area contributed by atoms with Crippen LogP contribution in [-0.2, 0) is 9.59 Å². The Hall–Kier alpha value is -2.89. The second-order valence-electron chi connectivity index (χ2n) is 8.54. The minimum Gasteiger partial charge on any atom is -0.366 e. The van der Waals surface area contributed by atoms with Gasteiger partial charge >= 0.3 is 0 Å². The molecule has 3 heterocycles. The van der Waals surface area contributed by atoms with E-state index in [0.717, 1.165) is 41.5 Å². The number of hydrogen-bond acceptors (Lipinski definition) is 4. The summed E-state index contributed by atoms with van der Waals surface area (Å²) in [6.07, 6.45) is 2.89. The Bertz CT molecular complexity index is 1040. The second kappa shape index (κ2) is 5.80. The number of nitrogens with zero attached hydrogens (tertiary/aromatic N) is 2. The number of amides is 3. The predicted molar refractivity (Wildman–Crippen MR) is 108 cm³/mol. The van der Waals surface area contributed by atoms with Crippen molar-refractivity contribution in [2.75, 3.05) is 16.3 Å². The summed E-state index contributed by atoms with van der Waals surface area (Å²) in [6, 6.07) is 9.21. The van der Waals surface area contributed by atoms with Gasteiger partial charge in [0, 0.05) is 35.0 Å². The zero-order valence-corrected chi connectivity index (χ0v) is 16.1. The van der Waals surface area contributed by atoms with Crippen LogP contribution in [0.5, 0.6) is 0 Å². The quantitative estimate of drug-likeness (QED) is 0.817. The largest absolute Gasteiger partial charge is 0.366 e. The fourth-order valence-electron chi connectivity index (χ4n) is 5.02. The third-order valence-corrected chi connectivity index (χ3v) is 6.42. The van der Waals surface area contributed by atoms with Gasteiger partial charge < -0.3 is 4.90 Å². The van der Waals surface area contributed by atoms with Crippen molar-refractivity contribution in [2.24, 2.45) is 0 Å². The highest BCUT2D eigenvalue weighted by Crippen LogP contribution is 2.45. The molecule has 5 rings (SSSR count). The number of imide groups is 1. The molecule has 0 bridgehead atoms. The SMILES string of the molecule is CC1(C)CCCN1c1ccc2c3c(cccc13)N(C1CCC(=O)NC1=O)C2=O. The molecule has 6 heteroatoms. The van der Waals surface area contributed by atoms with E-state index < -0.39 is 11.9 Å². The molecule has 2 aromatic rings. The summed E-state index contributed by atoms with van der Waals surface area (Å²) in [7, 11) is 0. The lowest BCUT2D eigenvalue weighted by Gasteiger charge is -2.34. The van der Waals surface area contributed by atoms with E-state index in [1.54, 1.807) is 4.90 Å². The highest BCUT2D eigenvalue weighted by Gasteiger charge is 2.41.